The Labute approximate surface area is 164 Å². The van der Waals surface area contributed by atoms with Crippen molar-refractivity contribution in [2.24, 2.45) is 0 Å². The maximum absolute atomic E-state index is 12.8. The number of rotatable bonds is 8. The number of ether oxygens (including phenoxy) is 1. The minimum Gasteiger partial charge on any atom is -0.459 e. The zero-order chi connectivity index (χ0) is 19.9. The number of nitrogens with zero attached hydrogens (tertiary/aromatic N) is 2. The van der Waals surface area contributed by atoms with Crippen molar-refractivity contribution in [3.05, 3.63) is 52.4 Å². The van der Waals surface area contributed by atoms with E-state index in [1.165, 1.54) is 28.1 Å². The number of thioether (sulfide) groups is 1. The van der Waals surface area contributed by atoms with Gasteiger partial charge in [-0.05, 0) is 45.4 Å². The summed E-state index contributed by atoms with van der Waals surface area (Å²) in [6.45, 7) is 5.89. The topological polar surface area (TPSA) is 73.2 Å². The van der Waals surface area contributed by atoms with Crippen molar-refractivity contribution < 1.29 is 9.53 Å². The number of aryl methyl sites for hydroxylation is 1. The van der Waals surface area contributed by atoms with Gasteiger partial charge in [-0.15, -0.1) is 0 Å². The Balaban J connectivity index is 2.03. The lowest BCUT2D eigenvalue weighted by Crippen LogP contribution is -2.32. The van der Waals surface area contributed by atoms with Gasteiger partial charge in [-0.3, -0.25) is 14.2 Å². The fraction of sp³-hybridized carbons (Fsp3) is 0.450. The van der Waals surface area contributed by atoms with Gasteiger partial charge in [0, 0.05) is 6.54 Å². The molecule has 27 heavy (non-hydrogen) atoms. The second-order valence-electron chi connectivity index (χ2n) is 7.15. The number of nitrogens with one attached hydrogen (secondary N) is 1. The fourth-order valence-electron chi connectivity index (χ4n) is 2.56. The maximum atomic E-state index is 12.8. The molecule has 0 fully saturated rings. The highest BCUT2D eigenvalue weighted by Crippen LogP contribution is 2.13. The first kappa shape index (κ1) is 21.0. The van der Waals surface area contributed by atoms with Gasteiger partial charge in [-0.1, -0.05) is 42.1 Å². The molecular weight excluding hydrogens is 362 g/mol. The number of benzene rings is 1. The molecule has 0 bridgehead atoms. The Hall–Kier alpha value is -2.28. The van der Waals surface area contributed by atoms with Gasteiger partial charge in [-0.2, -0.15) is 0 Å². The number of hydrogen-bond donors (Lipinski definition) is 1. The zero-order valence-electron chi connectivity index (χ0n) is 16.3. The molecule has 0 spiro atoms. The lowest BCUT2D eigenvalue weighted by molar-refractivity contribution is -0.155. The molecule has 0 atom stereocenters. The molecule has 0 aliphatic heterocycles. The largest absolute Gasteiger partial charge is 0.459 e. The Morgan fingerprint density at radius 2 is 1.96 bits per heavy atom. The summed E-state index contributed by atoms with van der Waals surface area (Å²) in [4.78, 5) is 29.2. The summed E-state index contributed by atoms with van der Waals surface area (Å²) in [5.41, 5.74) is 0.794. The smallest absolute Gasteiger partial charge is 0.326 e. The molecule has 0 amide bonds. The van der Waals surface area contributed by atoms with E-state index in [0.717, 1.165) is 12.8 Å². The van der Waals surface area contributed by atoms with E-state index in [2.05, 4.69) is 22.4 Å². The predicted molar refractivity (Wildman–Crippen MR) is 109 cm³/mol. The summed E-state index contributed by atoms with van der Waals surface area (Å²) in [5, 5.41) is 3.63. The molecule has 1 aromatic carbocycles. The highest BCUT2D eigenvalue weighted by Gasteiger charge is 2.19. The van der Waals surface area contributed by atoms with Crippen LogP contribution in [0.4, 0.5) is 5.69 Å². The van der Waals surface area contributed by atoms with Crippen LogP contribution in [0.1, 0.15) is 32.8 Å². The minimum absolute atomic E-state index is 0.154. The van der Waals surface area contributed by atoms with Gasteiger partial charge in [0.1, 0.15) is 17.8 Å². The molecule has 2 aromatic rings. The lowest BCUT2D eigenvalue weighted by atomic mass is 10.1. The summed E-state index contributed by atoms with van der Waals surface area (Å²) in [5.74, 6) is -0.456. The normalized spacial score (nSPS) is 11.3. The third-order valence-corrected chi connectivity index (χ3v) is 4.39. The number of hydrogen-bond acceptors (Lipinski definition) is 6. The van der Waals surface area contributed by atoms with Crippen LogP contribution in [0.5, 0.6) is 0 Å². The molecule has 0 aliphatic rings. The van der Waals surface area contributed by atoms with E-state index in [-0.39, 0.29) is 12.1 Å². The highest BCUT2D eigenvalue weighted by atomic mass is 32.2. The van der Waals surface area contributed by atoms with E-state index in [1.54, 1.807) is 20.8 Å². The van der Waals surface area contributed by atoms with Gasteiger partial charge >= 0.3 is 5.97 Å². The zero-order valence-corrected chi connectivity index (χ0v) is 17.1. The van der Waals surface area contributed by atoms with E-state index in [9.17, 15) is 9.59 Å². The molecule has 2 rings (SSSR count). The Bertz CT molecular complexity index is 813. The van der Waals surface area contributed by atoms with Crippen LogP contribution in [0.25, 0.3) is 0 Å². The van der Waals surface area contributed by atoms with Crippen LogP contribution in [-0.2, 0) is 22.5 Å². The second-order valence-corrected chi connectivity index (χ2v) is 7.93. The number of carbonyl (C=O) groups excluding carboxylic acids is 1. The molecule has 1 aromatic heterocycles. The summed E-state index contributed by atoms with van der Waals surface area (Å²) in [6.07, 6.45) is 5.17. The van der Waals surface area contributed by atoms with Gasteiger partial charge < -0.3 is 10.1 Å². The van der Waals surface area contributed by atoms with E-state index in [0.29, 0.717) is 17.4 Å². The van der Waals surface area contributed by atoms with E-state index in [4.69, 9.17) is 4.74 Å². The van der Waals surface area contributed by atoms with Gasteiger partial charge in [-0.25, -0.2) is 4.98 Å². The number of carbonyl (C=O) groups is 1. The van der Waals surface area contributed by atoms with Crippen LogP contribution in [0, 0.1) is 0 Å². The first-order chi connectivity index (χ1) is 12.8. The summed E-state index contributed by atoms with van der Waals surface area (Å²) in [6, 6.07) is 10.2. The van der Waals surface area contributed by atoms with Crippen LogP contribution in [0.3, 0.4) is 0 Å². The van der Waals surface area contributed by atoms with Crippen molar-refractivity contribution in [2.45, 2.75) is 50.9 Å². The second kappa shape index (κ2) is 9.60. The van der Waals surface area contributed by atoms with Gasteiger partial charge in [0.2, 0.25) is 0 Å². The van der Waals surface area contributed by atoms with Gasteiger partial charge in [0.25, 0.3) is 5.56 Å². The molecular formula is C20H27N3O3S. The summed E-state index contributed by atoms with van der Waals surface area (Å²) < 4.78 is 6.69. The molecule has 0 radical (unpaired) electrons. The quantitative estimate of drug-likeness (QED) is 0.323. The number of anilines is 1. The van der Waals surface area contributed by atoms with Crippen molar-refractivity contribution in [1.29, 1.82) is 0 Å². The van der Waals surface area contributed by atoms with Crippen LogP contribution < -0.4 is 10.9 Å². The molecule has 0 saturated carbocycles. The van der Waals surface area contributed by atoms with Crippen LogP contribution >= 0.6 is 11.8 Å². The van der Waals surface area contributed by atoms with Crippen molar-refractivity contribution in [3.8, 4) is 0 Å². The van der Waals surface area contributed by atoms with Crippen molar-refractivity contribution in [2.75, 3.05) is 18.1 Å². The summed E-state index contributed by atoms with van der Waals surface area (Å²) in [7, 11) is 0. The molecule has 0 saturated heterocycles. The van der Waals surface area contributed by atoms with Crippen LogP contribution in [-0.4, -0.2) is 33.9 Å². The third-order valence-electron chi connectivity index (χ3n) is 3.70. The molecule has 1 N–H and O–H groups in total. The first-order valence-corrected chi connectivity index (χ1v) is 10.2. The summed E-state index contributed by atoms with van der Waals surface area (Å²) >= 11 is 1.32. The van der Waals surface area contributed by atoms with Crippen molar-refractivity contribution in [1.82, 2.24) is 9.55 Å². The fourth-order valence-corrected chi connectivity index (χ4v) is 3.09. The van der Waals surface area contributed by atoms with E-state index in [1.807, 2.05) is 24.5 Å². The monoisotopic (exact) mass is 389 g/mol. The number of aromatic nitrogens is 2. The van der Waals surface area contributed by atoms with Crippen LogP contribution in [0.15, 0.2) is 46.5 Å². The molecule has 0 unspecified atom stereocenters. The SMILES string of the molecule is CSc1ncc(NCCCc2ccccc2)c(=O)n1CC(=O)OC(C)(C)C. The standard InChI is InChI=1S/C20H27N3O3S/c1-20(2,3)26-17(24)14-23-18(25)16(13-22-19(23)27-4)21-12-8-11-15-9-6-5-7-10-15/h5-7,9-10,13,21H,8,11-12,14H2,1-4H3. The Morgan fingerprint density at radius 3 is 2.59 bits per heavy atom. The number of esters is 1. The molecule has 6 nitrogen and oxygen atoms in total. The average molecular weight is 390 g/mol. The van der Waals surface area contributed by atoms with Gasteiger partial charge in [0.15, 0.2) is 5.16 Å². The molecule has 146 valence electrons. The first-order valence-electron chi connectivity index (χ1n) is 8.93. The van der Waals surface area contributed by atoms with Gasteiger partial charge in [0.05, 0.1) is 6.20 Å². The van der Waals surface area contributed by atoms with Crippen molar-refractivity contribution >= 4 is 23.4 Å². The highest BCUT2D eigenvalue weighted by molar-refractivity contribution is 7.98. The van der Waals surface area contributed by atoms with Crippen molar-refractivity contribution in [3.63, 3.8) is 0 Å². The third kappa shape index (κ3) is 6.75. The predicted octanol–water partition coefficient (Wildman–Crippen LogP) is 3.35. The molecule has 0 aliphatic carbocycles. The maximum Gasteiger partial charge on any atom is 0.326 e. The van der Waals surface area contributed by atoms with E-state index < -0.39 is 11.6 Å². The molecule has 7 heteroatoms. The molecule has 1 heterocycles. The van der Waals surface area contributed by atoms with E-state index >= 15 is 0 Å². The Kier molecular flexibility index (Phi) is 7.47. The minimum atomic E-state index is -0.596. The lowest BCUT2D eigenvalue weighted by Gasteiger charge is -2.20. The van der Waals surface area contributed by atoms with Crippen LogP contribution in [0.2, 0.25) is 0 Å². The Morgan fingerprint density at radius 1 is 1.26 bits per heavy atom. The average Bonchev–Trinajstić information content (AvgIpc) is 2.61.